The third-order valence-electron chi connectivity index (χ3n) is 4.89. The molecule has 2 aromatic carbocycles. The molecule has 0 aliphatic carbocycles. The van der Waals surface area contributed by atoms with E-state index in [-0.39, 0.29) is 5.91 Å². The molecule has 0 saturated carbocycles. The molecule has 0 aliphatic heterocycles. The molecule has 1 N–H and O–H groups in total. The molecule has 0 unspecified atom stereocenters. The normalized spacial score (nSPS) is 10.8. The van der Waals surface area contributed by atoms with Crippen LogP contribution in [0, 0.1) is 13.8 Å². The number of carbonyl (C=O) groups is 1. The number of nitrogens with zero attached hydrogens (tertiary/aromatic N) is 2. The van der Waals surface area contributed by atoms with Crippen molar-refractivity contribution in [1.82, 2.24) is 9.97 Å². The summed E-state index contributed by atoms with van der Waals surface area (Å²) in [6.45, 7) is 3.91. The molecule has 0 atom stereocenters. The summed E-state index contributed by atoms with van der Waals surface area (Å²) in [5, 5.41) is 4.30. The lowest BCUT2D eigenvalue weighted by atomic mass is 10.0. The first-order valence-corrected chi connectivity index (χ1v) is 10.2. The van der Waals surface area contributed by atoms with E-state index in [0.717, 1.165) is 27.0 Å². The van der Waals surface area contributed by atoms with Crippen LogP contribution in [-0.2, 0) is 0 Å². The monoisotopic (exact) mass is 419 g/mol. The Balaban J connectivity index is 1.80. The van der Waals surface area contributed by atoms with Crippen LogP contribution in [0.4, 0.5) is 5.13 Å². The Morgan fingerprint density at radius 1 is 0.967 bits per heavy atom. The summed E-state index contributed by atoms with van der Waals surface area (Å²) in [7, 11) is 3.18. The topological polar surface area (TPSA) is 73.3 Å². The van der Waals surface area contributed by atoms with E-state index in [1.165, 1.54) is 11.3 Å². The molecule has 30 heavy (non-hydrogen) atoms. The second kappa shape index (κ2) is 8.12. The minimum absolute atomic E-state index is 0.218. The van der Waals surface area contributed by atoms with E-state index in [4.69, 9.17) is 14.5 Å². The second-order valence-corrected chi connectivity index (χ2v) is 7.96. The van der Waals surface area contributed by atoms with E-state index in [0.29, 0.717) is 27.9 Å². The SMILES string of the molecule is COc1ccc(-c2cc(C(=O)Nc3nc(C)c(C)s3)c3ccccc3n2)cc1OC. The van der Waals surface area contributed by atoms with Crippen LogP contribution < -0.4 is 14.8 Å². The molecule has 0 radical (unpaired) electrons. The number of pyridine rings is 1. The van der Waals surface area contributed by atoms with Crippen molar-refractivity contribution in [2.45, 2.75) is 13.8 Å². The molecule has 6 nitrogen and oxygen atoms in total. The average molecular weight is 420 g/mol. The third-order valence-corrected chi connectivity index (χ3v) is 5.88. The Labute approximate surface area is 178 Å². The molecule has 0 fully saturated rings. The number of para-hydroxylation sites is 1. The molecule has 0 spiro atoms. The number of benzene rings is 2. The van der Waals surface area contributed by atoms with Gasteiger partial charge in [-0.15, -0.1) is 11.3 Å². The van der Waals surface area contributed by atoms with Crippen molar-refractivity contribution < 1.29 is 14.3 Å². The molecule has 2 heterocycles. The van der Waals surface area contributed by atoms with Gasteiger partial charge < -0.3 is 9.47 Å². The van der Waals surface area contributed by atoms with E-state index >= 15 is 0 Å². The summed E-state index contributed by atoms with van der Waals surface area (Å²) < 4.78 is 10.7. The van der Waals surface area contributed by atoms with E-state index in [9.17, 15) is 4.79 Å². The number of fused-ring (bicyclic) bond motifs is 1. The fourth-order valence-corrected chi connectivity index (χ4v) is 4.01. The number of nitrogens with one attached hydrogen (secondary N) is 1. The number of hydrogen-bond donors (Lipinski definition) is 1. The van der Waals surface area contributed by atoms with E-state index in [1.54, 1.807) is 20.3 Å². The van der Waals surface area contributed by atoms with Crippen LogP contribution in [-0.4, -0.2) is 30.1 Å². The molecule has 0 aliphatic rings. The van der Waals surface area contributed by atoms with Crippen molar-refractivity contribution in [2.24, 2.45) is 0 Å². The number of aryl methyl sites for hydroxylation is 2. The first-order chi connectivity index (χ1) is 14.5. The number of carbonyl (C=O) groups excluding carboxylic acids is 1. The highest BCUT2D eigenvalue weighted by molar-refractivity contribution is 7.15. The summed E-state index contributed by atoms with van der Waals surface area (Å²) in [5.74, 6) is 1.02. The fourth-order valence-electron chi connectivity index (χ4n) is 3.20. The van der Waals surface area contributed by atoms with Crippen LogP contribution in [0.25, 0.3) is 22.2 Å². The van der Waals surface area contributed by atoms with Gasteiger partial charge in [0.1, 0.15) is 0 Å². The van der Waals surface area contributed by atoms with Gasteiger partial charge in [-0.25, -0.2) is 9.97 Å². The molecule has 2 aromatic heterocycles. The number of anilines is 1. The maximum absolute atomic E-state index is 13.1. The fraction of sp³-hybridized carbons (Fsp3) is 0.174. The Hall–Kier alpha value is -3.45. The van der Waals surface area contributed by atoms with Crippen molar-refractivity contribution >= 4 is 33.3 Å². The predicted octanol–water partition coefficient (Wildman–Crippen LogP) is 5.24. The van der Waals surface area contributed by atoms with Gasteiger partial charge in [-0.05, 0) is 44.2 Å². The average Bonchev–Trinajstić information content (AvgIpc) is 3.08. The molecular weight excluding hydrogens is 398 g/mol. The maximum atomic E-state index is 13.1. The van der Waals surface area contributed by atoms with Gasteiger partial charge >= 0.3 is 0 Å². The smallest absolute Gasteiger partial charge is 0.258 e. The maximum Gasteiger partial charge on any atom is 0.258 e. The summed E-state index contributed by atoms with van der Waals surface area (Å²) in [5.41, 5.74) is 3.69. The minimum Gasteiger partial charge on any atom is -0.493 e. The van der Waals surface area contributed by atoms with Gasteiger partial charge in [-0.3, -0.25) is 10.1 Å². The summed E-state index contributed by atoms with van der Waals surface area (Å²) in [6, 6.07) is 15.0. The van der Waals surface area contributed by atoms with Crippen LogP contribution >= 0.6 is 11.3 Å². The van der Waals surface area contributed by atoms with Gasteiger partial charge in [0.15, 0.2) is 16.6 Å². The van der Waals surface area contributed by atoms with E-state index in [2.05, 4.69) is 10.3 Å². The molecule has 0 bridgehead atoms. The lowest BCUT2D eigenvalue weighted by Crippen LogP contribution is -2.13. The Bertz CT molecular complexity index is 1230. The van der Waals surface area contributed by atoms with Crippen LogP contribution in [0.1, 0.15) is 20.9 Å². The highest BCUT2D eigenvalue weighted by atomic mass is 32.1. The molecule has 4 rings (SSSR count). The Kier molecular flexibility index (Phi) is 5.37. The van der Waals surface area contributed by atoms with Crippen LogP contribution in [0.15, 0.2) is 48.5 Å². The standard InChI is InChI=1S/C23H21N3O3S/c1-13-14(2)30-23(24-13)26-22(27)17-12-19(25-18-8-6-5-7-16(17)18)15-9-10-20(28-3)21(11-15)29-4/h5-12H,1-4H3,(H,24,26,27). The second-order valence-electron chi connectivity index (χ2n) is 6.76. The van der Waals surface area contributed by atoms with Crippen molar-refractivity contribution in [3.8, 4) is 22.8 Å². The van der Waals surface area contributed by atoms with Gasteiger partial charge in [-0.1, -0.05) is 18.2 Å². The summed E-state index contributed by atoms with van der Waals surface area (Å²) >= 11 is 1.46. The summed E-state index contributed by atoms with van der Waals surface area (Å²) in [4.78, 5) is 23.4. The van der Waals surface area contributed by atoms with Crippen molar-refractivity contribution in [1.29, 1.82) is 0 Å². The Morgan fingerprint density at radius 3 is 2.43 bits per heavy atom. The number of ether oxygens (including phenoxy) is 2. The molecule has 0 saturated heterocycles. The Morgan fingerprint density at radius 2 is 1.73 bits per heavy atom. The van der Waals surface area contributed by atoms with Gasteiger partial charge in [0, 0.05) is 15.8 Å². The van der Waals surface area contributed by atoms with Gasteiger partial charge in [0.2, 0.25) is 0 Å². The van der Waals surface area contributed by atoms with E-state index in [1.807, 2.05) is 56.3 Å². The number of rotatable bonds is 5. The lowest BCUT2D eigenvalue weighted by Gasteiger charge is -2.12. The molecule has 7 heteroatoms. The van der Waals surface area contributed by atoms with Gasteiger partial charge in [0.05, 0.1) is 36.7 Å². The molecule has 152 valence electrons. The zero-order chi connectivity index (χ0) is 21.3. The predicted molar refractivity (Wildman–Crippen MR) is 120 cm³/mol. The quantitative estimate of drug-likeness (QED) is 0.479. The number of thiazole rings is 1. The highest BCUT2D eigenvalue weighted by Gasteiger charge is 2.17. The minimum atomic E-state index is -0.218. The number of amides is 1. The first kappa shape index (κ1) is 19.8. The number of aromatic nitrogens is 2. The van der Waals surface area contributed by atoms with Crippen molar-refractivity contribution in [2.75, 3.05) is 19.5 Å². The number of hydrogen-bond acceptors (Lipinski definition) is 6. The first-order valence-electron chi connectivity index (χ1n) is 9.37. The zero-order valence-electron chi connectivity index (χ0n) is 17.1. The van der Waals surface area contributed by atoms with E-state index < -0.39 is 0 Å². The van der Waals surface area contributed by atoms with Crippen molar-refractivity contribution in [3.63, 3.8) is 0 Å². The largest absolute Gasteiger partial charge is 0.493 e. The lowest BCUT2D eigenvalue weighted by molar-refractivity contribution is 0.102. The van der Waals surface area contributed by atoms with Crippen LogP contribution in [0.2, 0.25) is 0 Å². The molecule has 1 amide bonds. The number of methoxy groups -OCH3 is 2. The third kappa shape index (κ3) is 3.71. The van der Waals surface area contributed by atoms with Gasteiger partial charge in [0.25, 0.3) is 5.91 Å². The molecule has 4 aromatic rings. The van der Waals surface area contributed by atoms with Crippen molar-refractivity contribution in [3.05, 3.63) is 64.7 Å². The highest BCUT2D eigenvalue weighted by Crippen LogP contribution is 2.33. The summed E-state index contributed by atoms with van der Waals surface area (Å²) in [6.07, 6.45) is 0. The molecular formula is C23H21N3O3S. The van der Waals surface area contributed by atoms with Gasteiger partial charge in [-0.2, -0.15) is 0 Å². The van der Waals surface area contributed by atoms with Crippen LogP contribution in [0.5, 0.6) is 11.5 Å². The zero-order valence-corrected chi connectivity index (χ0v) is 18.0. The van der Waals surface area contributed by atoms with Crippen LogP contribution in [0.3, 0.4) is 0 Å².